The Bertz CT molecular complexity index is 167. The highest BCUT2D eigenvalue weighted by molar-refractivity contribution is 4.87. The molecule has 0 saturated carbocycles. The smallest absolute Gasteiger partial charge is 0.0613 e. The second-order valence-corrected chi connectivity index (χ2v) is 5.09. The van der Waals surface area contributed by atoms with Crippen LogP contribution in [-0.2, 0) is 0 Å². The molecule has 0 aromatic rings. The van der Waals surface area contributed by atoms with Crippen LogP contribution >= 0.6 is 0 Å². The van der Waals surface area contributed by atoms with Gasteiger partial charge in [0.1, 0.15) is 0 Å². The Morgan fingerprint density at radius 2 is 1.94 bits per heavy atom. The highest BCUT2D eigenvalue weighted by atomic mass is 16.3. The van der Waals surface area contributed by atoms with Crippen molar-refractivity contribution in [2.45, 2.75) is 58.5 Å². The Morgan fingerprint density at radius 3 is 2.31 bits per heavy atom. The molecule has 0 aliphatic carbocycles. The number of nitrogens with one attached hydrogen (secondary N) is 1. The van der Waals surface area contributed by atoms with Gasteiger partial charge in [-0.25, -0.2) is 0 Å². The van der Waals surface area contributed by atoms with Crippen molar-refractivity contribution in [1.29, 1.82) is 0 Å². The maximum absolute atomic E-state index is 9.57. The minimum Gasteiger partial charge on any atom is -0.394 e. The van der Waals surface area contributed by atoms with Gasteiger partial charge in [0.25, 0.3) is 0 Å². The third-order valence-electron chi connectivity index (χ3n) is 3.31. The monoisotopic (exact) mass is 230 g/mol. The Hall–Kier alpha value is -0.120. The molecule has 0 aromatic heterocycles. The van der Waals surface area contributed by atoms with Gasteiger partial charge >= 0.3 is 0 Å². The van der Waals surface area contributed by atoms with Crippen LogP contribution in [0.5, 0.6) is 0 Å². The first kappa shape index (κ1) is 15.9. The Kier molecular flexibility index (Phi) is 7.98. The summed E-state index contributed by atoms with van der Waals surface area (Å²) in [5.41, 5.74) is -0.0806. The average Bonchev–Trinajstić information content (AvgIpc) is 2.26. The SMILES string of the molecule is CCN(C)CCCC(CC)(CO)NC(C)C. The molecule has 0 aromatic carbocycles. The minimum atomic E-state index is -0.0806. The maximum atomic E-state index is 9.57. The van der Waals surface area contributed by atoms with Crippen LogP contribution in [0.15, 0.2) is 0 Å². The van der Waals surface area contributed by atoms with E-state index < -0.39 is 0 Å². The molecule has 3 heteroatoms. The van der Waals surface area contributed by atoms with Gasteiger partial charge < -0.3 is 15.3 Å². The van der Waals surface area contributed by atoms with Crippen LogP contribution in [-0.4, -0.2) is 48.3 Å². The predicted octanol–water partition coefficient (Wildman–Crippen LogP) is 1.86. The summed E-state index contributed by atoms with van der Waals surface area (Å²) in [6, 6.07) is 0.427. The van der Waals surface area contributed by atoms with Gasteiger partial charge in [0.15, 0.2) is 0 Å². The van der Waals surface area contributed by atoms with Crippen LogP contribution in [0.2, 0.25) is 0 Å². The summed E-state index contributed by atoms with van der Waals surface area (Å²) in [4.78, 5) is 2.31. The topological polar surface area (TPSA) is 35.5 Å². The van der Waals surface area contributed by atoms with Crippen molar-refractivity contribution in [3.63, 3.8) is 0 Å². The number of aliphatic hydroxyl groups excluding tert-OH is 1. The summed E-state index contributed by atoms with van der Waals surface area (Å²) < 4.78 is 0. The fraction of sp³-hybridized carbons (Fsp3) is 1.00. The molecule has 3 nitrogen and oxygen atoms in total. The summed E-state index contributed by atoms with van der Waals surface area (Å²) in [5, 5.41) is 13.1. The molecular weight excluding hydrogens is 200 g/mol. The fourth-order valence-corrected chi connectivity index (χ4v) is 2.05. The van der Waals surface area contributed by atoms with E-state index in [9.17, 15) is 5.11 Å². The number of hydrogen-bond donors (Lipinski definition) is 2. The highest BCUT2D eigenvalue weighted by Gasteiger charge is 2.27. The molecule has 0 amide bonds. The number of aliphatic hydroxyl groups is 1. The first-order chi connectivity index (χ1) is 7.49. The van der Waals surface area contributed by atoms with E-state index in [2.05, 4.69) is 45.0 Å². The van der Waals surface area contributed by atoms with Gasteiger partial charge in [-0.3, -0.25) is 0 Å². The Morgan fingerprint density at radius 1 is 1.31 bits per heavy atom. The summed E-state index contributed by atoms with van der Waals surface area (Å²) in [5.74, 6) is 0. The molecule has 0 saturated heterocycles. The predicted molar refractivity (Wildman–Crippen MR) is 70.8 cm³/mol. The summed E-state index contributed by atoms with van der Waals surface area (Å²) >= 11 is 0. The first-order valence-corrected chi connectivity index (χ1v) is 6.56. The van der Waals surface area contributed by atoms with E-state index in [4.69, 9.17) is 0 Å². The van der Waals surface area contributed by atoms with Crippen molar-refractivity contribution >= 4 is 0 Å². The lowest BCUT2D eigenvalue weighted by Gasteiger charge is -2.34. The molecule has 16 heavy (non-hydrogen) atoms. The van der Waals surface area contributed by atoms with Crippen molar-refractivity contribution < 1.29 is 5.11 Å². The fourth-order valence-electron chi connectivity index (χ4n) is 2.05. The van der Waals surface area contributed by atoms with E-state index in [1.807, 2.05) is 0 Å². The van der Waals surface area contributed by atoms with Gasteiger partial charge in [-0.1, -0.05) is 27.7 Å². The van der Waals surface area contributed by atoms with Crippen molar-refractivity contribution in [2.75, 3.05) is 26.7 Å². The first-order valence-electron chi connectivity index (χ1n) is 6.56. The molecule has 0 spiro atoms. The van der Waals surface area contributed by atoms with E-state index in [-0.39, 0.29) is 12.1 Å². The number of hydrogen-bond acceptors (Lipinski definition) is 3. The lowest BCUT2D eigenvalue weighted by atomic mass is 9.90. The molecule has 0 fully saturated rings. The standard InChI is InChI=1S/C13H30N2O/c1-6-13(11-16,14-12(3)4)9-8-10-15(5)7-2/h12,14,16H,6-11H2,1-5H3. The molecule has 0 radical (unpaired) electrons. The van der Waals surface area contributed by atoms with Crippen molar-refractivity contribution in [2.24, 2.45) is 0 Å². The second-order valence-electron chi connectivity index (χ2n) is 5.09. The maximum Gasteiger partial charge on any atom is 0.0613 e. The van der Waals surface area contributed by atoms with Crippen LogP contribution in [0.25, 0.3) is 0 Å². The molecule has 0 aliphatic heterocycles. The quantitative estimate of drug-likeness (QED) is 0.634. The molecule has 0 aliphatic rings. The summed E-state index contributed by atoms with van der Waals surface area (Å²) in [6.07, 6.45) is 3.17. The molecular formula is C13H30N2O. The van der Waals surface area contributed by atoms with E-state index in [1.54, 1.807) is 0 Å². The van der Waals surface area contributed by atoms with Crippen molar-refractivity contribution in [3.05, 3.63) is 0 Å². The summed E-state index contributed by atoms with van der Waals surface area (Å²) in [6.45, 7) is 11.0. The normalized spacial score (nSPS) is 15.8. The van der Waals surface area contributed by atoms with Gasteiger partial charge in [-0.15, -0.1) is 0 Å². The molecule has 2 N–H and O–H groups in total. The molecule has 1 unspecified atom stereocenters. The van der Waals surface area contributed by atoms with Gasteiger partial charge in [0.2, 0.25) is 0 Å². The van der Waals surface area contributed by atoms with E-state index >= 15 is 0 Å². The van der Waals surface area contributed by atoms with E-state index in [0.29, 0.717) is 6.04 Å². The van der Waals surface area contributed by atoms with Crippen LogP contribution in [0.3, 0.4) is 0 Å². The zero-order valence-electron chi connectivity index (χ0n) is 11.7. The Labute approximate surface area is 101 Å². The highest BCUT2D eigenvalue weighted by Crippen LogP contribution is 2.18. The van der Waals surface area contributed by atoms with Crippen LogP contribution in [0.1, 0.15) is 47.0 Å². The van der Waals surface area contributed by atoms with Gasteiger partial charge in [0, 0.05) is 11.6 Å². The lowest BCUT2D eigenvalue weighted by Crippen LogP contribution is -2.51. The van der Waals surface area contributed by atoms with Crippen LogP contribution < -0.4 is 5.32 Å². The third-order valence-corrected chi connectivity index (χ3v) is 3.31. The molecule has 0 rings (SSSR count). The zero-order valence-corrected chi connectivity index (χ0v) is 11.7. The zero-order chi connectivity index (χ0) is 12.6. The summed E-state index contributed by atoms with van der Waals surface area (Å²) in [7, 11) is 2.14. The van der Waals surface area contributed by atoms with Crippen LogP contribution in [0, 0.1) is 0 Å². The number of nitrogens with zero attached hydrogens (tertiary/aromatic N) is 1. The van der Waals surface area contributed by atoms with Crippen molar-refractivity contribution in [1.82, 2.24) is 10.2 Å². The molecule has 0 bridgehead atoms. The average molecular weight is 230 g/mol. The van der Waals surface area contributed by atoms with E-state index in [1.165, 1.54) is 0 Å². The minimum absolute atomic E-state index is 0.0806. The largest absolute Gasteiger partial charge is 0.394 e. The van der Waals surface area contributed by atoms with Gasteiger partial charge in [0.05, 0.1) is 6.61 Å². The van der Waals surface area contributed by atoms with Crippen molar-refractivity contribution in [3.8, 4) is 0 Å². The van der Waals surface area contributed by atoms with E-state index in [0.717, 1.165) is 32.4 Å². The number of rotatable bonds is 9. The van der Waals surface area contributed by atoms with Gasteiger partial charge in [-0.2, -0.15) is 0 Å². The lowest BCUT2D eigenvalue weighted by molar-refractivity contribution is 0.132. The van der Waals surface area contributed by atoms with Gasteiger partial charge in [-0.05, 0) is 39.4 Å². The second kappa shape index (κ2) is 8.04. The van der Waals surface area contributed by atoms with Crippen LogP contribution in [0.4, 0.5) is 0 Å². The third kappa shape index (κ3) is 5.83. The molecule has 0 heterocycles. The molecule has 1 atom stereocenters. The Balaban J connectivity index is 4.11. The molecule has 98 valence electrons.